The molecule has 3 aromatic rings. The lowest BCUT2D eigenvalue weighted by Gasteiger charge is -2.41. The Morgan fingerprint density at radius 3 is 2.46 bits per heavy atom. The third kappa shape index (κ3) is 5.00. The van der Waals surface area contributed by atoms with Crippen LogP contribution in [0.25, 0.3) is 11.0 Å². The van der Waals surface area contributed by atoms with E-state index in [1.807, 2.05) is 34.9 Å². The molecule has 2 aromatic carbocycles. The van der Waals surface area contributed by atoms with Crippen LogP contribution in [0.15, 0.2) is 48.5 Å². The van der Waals surface area contributed by atoms with Gasteiger partial charge in [-0.25, -0.2) is 9.78 Å². The number of hydrogen-bond acceptors (Lipinski definition) is 3. The molecule has 0 atom stereocenters. The summed E-state index contributed by atoms with van der Waals surface area (Å²) in [5, 5.41) is 9.36. The molecule has 5 rings (SSSR count). The molecule has 1 saturated carbocycles. The zero-order chi connectivity index (χ0) is 24.6. The van der Waals surface area contributed by atoms with Gasteiger partial charge in [0.2, 0.25) is 0 Å². The highest BCUT2D eigenvalue weighted by Gasteiger charge is 2.38. The molecule has 2 aliphatic rings. The average molecular weight is 488 g/mol. The van der Waals surface area contributed by atoms with Crippen LogP contribution in [0.1, 0.15) is 42.6 Å². The van der Waals surface area contributed by atoms with Crippen molar-refractivity contribution in [2.24, 2.45) is 5.92 Å². The van der Waals surface area contributed by atoms with Crippen molar-refractivity contribution in [2.75, 3.05) is 19.7 Å². The van der Waals surface area contributed by atoms with Crippen LogP contribution >= 0.6 is 0 Å². The van der Waals surface area contributed by atoms with Crippen molar-refractivity contribution in [1.29, 1.82) is 0 Å². The number of carboxylic acid groups (broad SMARTS) is 1. The zero-order valence-corrected chi connectivity index (χ0v) is 19.3. The van der Waals surface area contributed by atoms with E-state index >= 15 is 0 Å². The topological polar surface area (TPSA) is 67.6 Å². The summed E-state index contributed by atoms with van der Waals surface area (Å²) in [7, 11) is 0. The fourth-order valence-corrected chi connectivity index (χ4v) is 5.00. The number of hydrogen-bond donors (Lipinski definition) is 1. The minimum absolute atomic E-state index is 0.181. The second-order valence-corrected chi connectivity index (χ2v) is 9.69. The molecular weight excluding hydrogens is 459 g/mol. The average Bonchev–Trinajstić information content (AvgIpc) is 3.60. The van der Waals surface area contributed by atoms with Crippen LogP contribution in [0, 0.1) is 5.92 Å². The molecule has 1 aromatic heterocycles. The Balaban J connectivity index is 1.37. The summed E-state index contributed by atoms with van der Waals surface area (Å²) >= 11 is 0. The van der Waals surface area contributed by atoms with Gasteiger partial charge in [-0.15, -0.1) is 0 Å². The molecule has 35 heavy (non-hydrogen) atoms. The number of imidazole rings is 1. The van der Waals surface area contributed by atoms with Crippen LogP contribution in [0.3, 0.4) is 0 Å². The molecule has 2 heterocycles. The summed E-state index contributed by atoms with van der Waals surface area (Å²) in [6, 6.07) is 13.7. The summed E-state index contributed by atoms with van der Waals surface area (Å²) < 4.78 is 47.9. The lowest BCUT2D eigenvalue weighted by molar-refractivity contribution is -0.137. The maximum atomic E-state index is 13.2. The van der Waals surface area contributed by atoms with Gasteiger partial charge in [-0.3, -0.25) is 0 Å². The Hall–Kier alpha value is -3.07. The first kappa shape index (κ1) is 23.7. The van der Waals surface area contributed by atoms with Crippen molar-refractivity contribution in [3.63, 3.8) is 0 Å². The standard InChI is InChI=1S/C26H28F3N3O3/c27-26(28,29)20-8-9-22-21(14-20)30-23(32(22)15-18-6-7-18)16-35-17-25(19-4-2-1-3-5-19)10-12-31(13-11-25)24(33)34/h1-5,8-9,14,18H,6-7,10-13,15-17H2,(H,33,34). The predicted molar refractivity (Wildman–Crippen MR) is 124 cm³/mol. The van der Waals surface area contributed by atoms with Crippen LogP contribution in [-0.2, 0) is 29.5 Å². The molecular formula is C26H28F3N3O3. The van der Waals surface area contributed by atoms with Crippen LogP contribution in [0.4, 0.5) is 18.0 Å². The molecule has 0 radical (unpaired) electrons. The normalized spacial score (nSPS) is 18.2. The number of alkyl halides is 3. The van der Waals surface area contributed by atoms with Gasteiger partial charge in [-0.05, 0) is 55.4 Å². The van der Waals surface area contributed by atoms with E-state index in [-0.39, 0.29) is 12.0 Å². The van der Waals surface area contributed by atoms with Crippen molar-refractivity contribution >= 4 is 17.1 Å². The first-order valence-corrected chi connectivity index (χ1v) is 11.9. The van der Waals surface area contributed by atoms with Crippen molar-refractivity contribution < 1.29 is 27.8 Å². The number of aromatic nitrogens is 2. The molecule has 1 aliphatic carbocycles. The van der Waals surface area contributed by atoms with E-state index in [1.54, 1.807) is 0 Å². The molecule has 6 nitrogen and oxygen atoms in total. The molecule has 1 saturated heterocycles. The summed E-state index contributed by atoms with van der Waals surface area (Å²) in [6.45, 7) is 2.13. The Bertz CT molecular complexity index is 1200. The Morgan fingerprint density at radius 2 is 1.83 bits per heavy atom. The van der Waals surface area contributed by atoms with E-state index in [1.165, 1.54) is 11.0 Å². The molecule has 0 spiro atoms. The highest BCUT2D eigenvalue weighted by Crippen LogP contribution is 2.37. The number of halogens is 3. The van der Waals surface area contributed by atoms with Gasteiger partial charge in [0.15, 0.2) is 0 Å². The number of piperidine rings is 1. The number of carbonyl (C=O) groups is 1. The van der Waals surface area contributed by atoms with Crippen LogP contribution in [0.5, 0.6) is 0 Å². The molecule has 0 unspecified atom stereocenters. The van der Waals surface area contributed by atoms with E-state index in [0.29, 0.717) is 55.3 Å². The number of rotatable bonds is 7. The van der Waals surface area contributed by atoms with Crippen molar-refractivity contribution in [3.8, 4) is 0 Å². The number of amides is 1. The quantitative estimate of drug-likeness (QED) is 0.465. The summed E-state index contributed by atoms with van der Waals surface area (Å²) in [4.78, 5) is 17.4. The summed E-state index contributed by atoms with van der Waals surface area (Å²) in [5.41, 5.74) is 1.08. The maximum Gasteiger partial charge on any atom is 0.416 e. The Morgan fingerprint density at radius 1 is 1.11 bits per heavy atom. The first-order valence-electron chi connectivity index (χ1n) is 11.9. The fraction of sp³-hybridized carbons (Fsp3) is 0.462. The first-order chi connectivity index (χ1) is 16.7. The monoisotopic (exact) mass is 487 g/mol. The number of likely N-dealkylation sites (tertiary alicyclic amines) is 1. The lowest BCUT2D eigenvalue weighted by Crippen LogP contribution is -2.47. The molecule has 1 N–H and O–H groups in total. The number of ether oxygens (including phenoxy) is 1. The highest BCUT2D eigenvalue weighted by molar-refractivity contribution is 5.77. The van der Waals surface area contributed by atoms with Gasteiger partial charge >= 0.3 is 12.3 Å². The van der Waals surface area contributed by atoms with Crippen LogP contribution in [-0.4, -0.2) is 45.3 Å². The highest BCUT2D eigenvalue weighted by atomic mass is 19.4. The van der Waals surface area contributed by atoms with Gasteiger partial charge in [0, 0.05) is 25.0 Å². The number of fused-ring (bicyclic) bond motifs is 1. The minimum Gasteiger partial charge on any atom is -0.465 e. The van der Waals surface area contributed by atoms with Crippen molar-refractivity contribution in [1.82, 2.24) is 14.5 Å². The van der Waals surface area contributed by atoms with Crippen LogP contribution in [0.2, 0.25) is 0 Å². The van der Waals surface area contributed by atoms with E-state index < -0.39 is 17.8 Å². The fourth-order valence-electron chi connectivity index (χ4n) is 5.00. The van der Waals surface area contributed by atoms with Gasteiger partial charge in [0.1, 0.15) is 12.4 Å². The Kier molecular flexibility index (Phi) is 6.21. The predicted octanol–water partition coefficient (Wildman–Crippen LogP) is 5.69. The molecule has 0 bridgehead atoms. The molecule has 9 heteroatoms. The van der Waals surface area contributed by atoms with Crippen molar-refractivity contribution in [3.05, 3.63) is 65.5 Å². The molecule has 1 aliphatic heterocycles. The maximum absolute atomic E-state index is 13.2. The summed E-state index contributed by atoms with van der Waals surface area (Å²) in [5.74, 6) is 1.14. The lowest BCUT2D eigenvalue weighted by atomic mass is 9.73. The third-order valence-corrected chi connectivity index (χ3v) is 7.28. The largest absolute Gasteiger partial charge is 0.465 e. The van der Waals surface area contributed by atoms with E-state index in [4.69, 9.17) is 4.74 Å². The molecule has 186 valence electrons. The zero-order valence-electron chi connectivity index (χ0n) is 19.3. The van der Waals surface area contributed by atoms with Gasteiger partial charge in [0.05, 0.1) is 23.2 Å². The SMILES string of the molecule is O=C(O)N1CCC(COCc2nc3cc(C(F)(F)F)ccc3n2CC2CC2)(c2ccccc2)CC1. The summed E-state index contributed by atoms with van der Waals surface area (Å²) in [6.07, 6.45) is -1.85. The number of nitrogens with zero attached hydrogens (tertiary/aromatic N) is 3. The smallest absolute Gasteiger partial charge is 0.416 e. The molecule has 1 amide bonds. The minimum atomic E-state index is -4.42. The van der Waals surface area contributed by atoms with Gasteiger partial charge in [-0.2, -0.15) is 13.2 Å². The second-order valence-electron chi connectivity index (χ2n) is 9.69. The van der Waals surface area contributed by atoms with Gasteiger partial charge in [-0.1, -0.05) is 30.3 Å². The molecule has 2 fully saturated rings. The van der Waals surface area contributed by atoms with Gasteiger partial charge < -0.3 is 19.3 Å². The Labute approximate surface area is 201 Å². The van der Waals surface area contributed by atoms with Crippen molar-refractivity contribution in [2.45, 2.75) is 50.4 Å². The van der Waals surface area contributed by atoms with E-state index in [2.05, 4.69) is 4.98 Å². The number of benzene rings is 2. The van der Waals surface area contributed by atoms with E-state index in [0.717, 1.165) is 37.1 Å². The second kappa shape index (κ2) is 9.18. The van der Waals surface area contributed by atoms with E-state index in [9.17, 15) is 23.1 Å². The third-order valence-electron chi connectivity index (χ3n) is 7.28. The van der Waals surface area contributed by atoms with Gasteiger partial charge in [0.25, 0.3) is 0 Å². The van der Waals surface area contributed by atoms with Crippen LogP contribution < -0.4 is 0 Å².